The van der Waals surface area contributed by atoms with Gasteiger partial charge in [-0.05, 0) is 291 Å². The fourth-order valence-electron chi connectivity index (χ4n) is 19.0. The molecule has 76 heavy (non-hydrogen) atoms. The van der Waals surface area contributed by atoms with E-state index in [0.717, 1.165) is 95.6 Å². The molecule has 12 rings (SSSR count). The lowest BCUT2D eigenvalue weighted by molar-refractivity contribution is 0.0336. The van der Waals surface area contributed by atoms with E-state index in [2.05, 4.69) is 73.9 Å². The summed E-state index contributed by atoms with van der Waals surface area (Å²) in [5, 5.41) is 0. The lowest BCUT2D eigenvalue weighted by atomic mass is 9.54. The number of aryl methyl sites for hydroxylation is 6. The Hall–Kier alpha value is -3.21. The van der Waals surface area contributed by atoms with Crippen molar-refractivity contribution in [2.45, 2.75) is 202 Å². The molecule has 3 aromatic rings. The third kappa shape index (κ3) is 10.4. The number of hydrogen-bond acceptors (Lipinski definition) is 6. The standard InChI is InChI=1S/C21H31NO3S.2C20H29NO3S/c1-4-14-11-18-15(12-20(14)22-26(23,24)25)6-7-17-16(18)9-10-21(3)13(2)5-8-19(17)21;2*1-12-10-17-14(11-19(12)21-25(22,23)24)5-6-16-15(17)8-9-20(3)13(2)4-7-18(16)20/h11-13,16-17,19,22H,4-10H2,1-3H3,(H,23,24,25);2*10-11,13,15-16,18,21H,4-9H2,1-3H3,(H,22,23,24)/t13-,16?,17?,19?,21+;2*13-,15?,16?,18?,20+/m000/s1. The van der Waals surface area contributed by atoms with E-state index in [1.807, 2.05) is 39.0 Å². The van der Waals surface area contributed by atoms with Gasteiger partial charge < -0.3 is 0 Å². The second kappa shape index (κ2) is 20.4. The van der Waals surface area contributed by atoms with Gasteiger partial charge in [0.05, 0.1) is 17.1 Å². The summed E-state index contributed by atoms with van der Waals surface area (Å²) in [5.41, 5.74) is 14.0. The first-order valence-corrected chi connectivity index (χ1v) is 33.6. The average Bonchev–Trinajstić information content (AvgIpc) is 3.95. The largest absolute Gasteiger partial charge is 0.357 e. The zero-order valence-electron chi connectivity index (χ0n) is 46.8. The van der Waals surface area contributed by atoms with Crippen molar-refractivity contribution in [3.63, 3.8) is 0 Å². The predicted octanol–water partition coefficient (Wildman–Crippen LogP) is 14.4. The highest BCUT2D eigenvalue weighted by molar-refractivity contribution is 7.87. The summed E-state index contributed by atoms with van der Waals surface area (Å²) in [6, 6.07) is 12.4. The number of nitrogens with one attached hydrogen (secondary N) is 3. The zero-order valence-corrected chi connectivity index (χ0v) is 49.3. The third-order valence-electron chi connectivity index (χ3n) is 23.6. The Labute approximate surface area is 456 Å². The Morgan fingerprint density at radius 3 is 1.07 bits per heavy atom. The maximum Gasteiger partial charge on any atom is 0.357 e. The lowest BCUT2D eigenvalue weighted by Gasteiger charge is -2.50. The van der Waals surface area contributed by atoms with Crippen LogP contribution in [-0.4, -0.2) is 38.9 Å². The second-order valence-corrected chi connectivity index (χ2v) is 30.3. The summed E-state index contributed by atoms with van der Waals surface area (Å²) in [6.45, 7) is 20.8. The number of anilines is 3. The molecular formula is C61H89N3O9S3. The quantitative estimate of drug-likeness (QED) is 0.125. The summed E-state index contributed by atoms with van der Waals surface area (Å²) >= 11 is 0. The highest BCUT2D eigenvalue weighted by Crippen LogP contribution is 2.66. The smallest absolute Gasteiger partial charge is 0.269 e. The third-order valence-corrected chi connectivity index (χ3v) is 25.0. The summed E-state index contributed by atoms with van der Waals surface area (Å²) in [4.78, 5) is 0. The molecular weight excluding hydrogens is 1010 g/mol. The molecule has 0 spiro atoms. The van der Waals surface area contributed by atoms with Gasteiger partial charge in [-0.1, -0.05) is 66.7 Å². The van der Waals surface area contributed by atoms with E-state index in [9.17, 15) is 29.8 Å². The molecule has 6 N–H and O–H groups in total. The van der Waals surface area contributed by atoms with Gasteiger partial charge in [-0.2, -0.15) is 25.3 Å². The first kappa shape index (κ1) is 56.1. The average molecular weight is 1100 g/mol. The monoisotopic (exact) mass is 1100 g/mol. The van der Waals surface area contributed by atoms with Crippen LogP contribution in [0.3, 0.4) is 0 Å². The van der Waals surface area contributed by atoms with E-state index in [1.54, 1.807) is 0 Å². The van der Waals surface area contributed by atoms with Gasteiger partial charge in [0.25, 0.3) is 0 Å². The molecule has 0 amide bonds. The van der Waals surface area contributed by atoms with E-state index in [1.165, 1.54) is 130 Å². The molecule has 0 bridgehead atoms. The molecule has 0 saturated heterocycles. The van der Waals surface area contributed by atoms with Crippen LogP contribution in [0.4, 0.5) is 17.1 Å². The number of hydrogen-bond donors (Lipinski definition) is 6. The molecule has 0 aromatic heterocycles. The molecule has 0 radical (unpaired) electrons. The maximum atomic E-state index is 11.3. The van der Waals surface area contributed by atoms with Crippen molar-refractivity contribution in [2.24, 2.45) is 69.5 Å². The molecule has 12 nitrogen and oxygen atoms in total. The Balaban J connectivity index is 0.000000130. The van der Waals surface area contributed by atoms with E-state index < -0.39 is 30.9 Å². The maximum absolute atomic E-state index is 11.3. The zero-order chi connectivity index (χ0) is 54.7. The van der Waals surface area contributed by atoms with Crippen molar-refractivity contribution >= 4 is 48.0 Å². The minimum Gasteiger partial charge on any atom is -0.269 e. The molecule has 3 aromatic carbocycles. The summed E-state index contributed by atoms with van der Waals surface area (Å²) in [7, 11) is -12.7. The van der Waals surface area contributed by atoms with Gasteiger partial charge in [-0.15, -0.1) is 0 Å². The minimum absolute atomic E-state index is 0.509. The van der Waals surface area contributed by atoms with Crippen molar-refractivity contribution in [3.8, 4) is 0 Å². The van der Waals surface area contributed by atoms with Gasteiger partial charge in [0.15, 0.2) is 0 Å². The number of fused-ring (bicyclic) bond motifs is 15. The first-order valence-electron chi connectivity index (χ1n) is 29.3. The van der Waals surface area contributed by atoms with Crippen LogP contribution in [0.2, 0.25) is 0 Å². The molecule has 420 valence electrons. The van der Waals surface area contributed by atoms with Gasteiger partial charge in [-0.3, -0.25) is 27.8 Å². The van der Waals surface area contributed by atoms with Crippen LogP contribution in [-0.2, 0) is 56.6 Å². The predicted molar refractivity (Wildman–Crippen MR) is 305 cm³/mol. The van der Waals surface area contributed by atoms with Crippen LogP contribution >= 0.6 is 0 Å². The Morgan fingerprint density at radius 1 is 0.447 bits per heavy atom. The molecule has 6 fully saturated rings. The molecule has 9 unspecified atom stereocenters. The van der Waals surface area contributed by atoms with Crippen molar-refractivity contribution in [2.75, 3.05) is 14.2 Å². The number of benzene rings is 3. The van der Waals surface area contributed by atoms with Crippen LogP contribution in [0, 0.1) is 83.4 Å². The molecule has 0 aliphatic heterocycles. The summed E-state index contributed by atoms with van der Waals surface area (Å²) in [6.07, 6.45) is 23.3. The van der Waals surface area contributed by atoms with Crippen molar-refractivity contribution in [1.29, 1.82) is 0 Å². The van der Waals surface area contributed by atoms with Gasteiger partial charge in [0, 0.05) is 0 Å². The van der Waals surface area contributed by atoms with E-state index in [-0.39, 0.29) is 0 Å². The van der Waals surface area contributed by atoms with Crippen molar-refractivity contribution in [1.82, 2.24) is 0 Å². The summed E-state index contributed by atoms with van der Waals surface area (Å²) in [5.74, 6) is 9.20. The van der Waals surface area contributed by atoms with Crippen molar-refractivity contribution in [3.05, 3.63) is 86.5 Å². The van der Waals surface area contributed by atoms with E-state index in [4.69, 9.17) is 9.11 Å². The van der Waals surface area contributed by atoms with E-state index >= 15 is 0 Å². The van der Waals surface area contributed by atoms with Crippen LogP contribution < -0.4 is 14.2 Å². The lowest BCUT2D eigenvalue weighted by Crippen LogP contribution is -2.41. The Bertz CT molecular complexity index is 2940. The Morgan fingerprint density at radius 2 is 0.750 bits per heavy atom. The molecule has 0 heterocycles. The topological polar surface area (TPSA) is 199 Å². The van der Waals surface area contributed by atoms with E-state index in [0.29, 0.717) is 51.1 Å². The van der Waals surface area contributed by atoms with Crippen LogP contribution in [0.25, 0.3) is 0 Å². The molecule has 9 aliphatic carbocycles. The van der Waals surface area contributed by atoms with Crippen molar-refractivity contribution < 1.29 is 38.9 Å². The van der Waals surface area contributed by atoms with Crippen LogP contribution in [0.15, 0.2) is 36.4 Å². The highest BCUT2D eigenvalue weighted by atomic mass is 32.2. The first-order chi connectivity index (χ1) is 35.6. The van der Waals surface area contributed by atoms with Gasteiger partial charge in [0.2, 0.25) is 0 Å². The minimum atomic E-state index is -4.24. The van der Waals surface area contributed by atoms with Gasteiger partial charge >= 0.3 is 30.9 Å². The molecule has 15 atom stereocenters. The Kier molecular flexibility index (Phi) is 15.1. The van der Waals surface area contributed by atoms with Gasteiger partial charge in [-0.25, -0.2) is 0 Å². The van der Waals surface area contributed by atoms with Crippen LogP contribution in [0.1, 0.15) is 213 Å². The fraction of sp³-hybridized carbons (Fsp3) is 0.705. The highest BCUT2D eigenvalue weighted by Gasteiger charge is 2.56. The van der Waals surface area contributed by atoms with Crippen LogP contribution in [0.5, 0.6) is 0 Å². The van der Waals surface area contributed by atoms with Gasteiger partial charge in [0.1, 0.15) is 0 Å². The second-order valence-electron chi connectivity index (χ2n) is 26.8. The number of rotatable bonds is 7. The molecule has 15 heteroatoms. The SMILES string of the molecule is CCc1cc2c(cc1NS(=O)(=O)O)CCC1C2CC[C@@]2(C)C1CC[C@@H]2C.Cc1cc2c(cc1NS(=O)(=O)O)CCC1C2CC[C@@]2(C)C1CC[C@@H]2C.Cc1cc2c(cc1NS(=O)(=O)O)CCC1C2CC[C@@]2(C)C1CC[C@@H]2C. The summed E-state index contributed by atoms with van der Waals surface area (Å²) < 4.78 is 102. The molecule has 6 saturated carbocycles. The normalized spacial score (nSPS) is 36.8. The fourth-order valence-corrected chi connectivity index (χ4v) is 20.4. The molecule has 9 aliphatic rings.